The number of aromatic amines is 1. The minimum Gasteiger partial charge on any atom is -0.778 e. The van der Waals surface area contributed by atoms with E-state index in [1.807, 2.05) is 18.0 Å². The van der Waals surface area contributed by atoms with Crippen LogP contribution in [0.1, 0.15) is 60.1 Å². The van der Waals surface area contributed by atoms with Crippen LogP contribution in [0, 0.1) is 5.41 Å². The van der Waals surface area contributed by atoms with E-state index in [0.29, 0.717) is 5.57 Å². The molecule has 0 aliphatic carbocycles. The number of rotatable bonds is 14. The molecule has 0 bridgehead atoms. The van der Waals surface area contributed by atoms with E-state index in [1.54, 1.807) is 6.92 Å². The molecule has 7 atom stereocenters. The number of hydrogen-bond donors (Lipinski definition) is 3. The van der Waals surface area contributed by atoms with E-state index in [4.69, 9.17) is 4.74 Å². The number of nitrogens with zero attached hydrogens (tertiary/aromatic N) is 1. The van der Waals surface area contributed by atoms with Crippen molar-refractivity contribution in [2.45, 2.75) is 78.4 Å². The molecule has 7 unspecified atom stereocenters. The van der Waals surface area contributed by atoms with Crippen LogP contribution in [0.4, 0.5) is 0 Å². The minimum absolute atomic E-state index is 0.136. The molecule has 2 heterocycles. The summed E-state index contributed by atoms with van der Waals surface area (Å²) in [5.74, 6) is 0. The summed E-state index contributed by atoms with van der Waals surface area (Å²) in [6, 6.07) is 0.950. The third-order valence-electron chi connectivity index (χ3n) is 6.16. The fourth-order valence-electron chi connectivity index (χ4n) is 3.76. The average Bonchev–Trinajstić information content (AvgIpc) is 3.08. The lowest BCUT2D eigenvalue weighted by atomic mass is 9.90. The first-order chi connectivity index (χ1) is 19.1. The van der Waals surface area contributed by atoms with Crippen molar-refractivity contribution >= 4 is 23.2 Å². The van der Waals surface area contributed by atoms with Crippen LogP contribution in [0.5, 0.6) is 0 Å². The van der Waals surface area contributed by atoms with Gasteiger partial charge in [0.05, 0.1) is 12.7 Å². The highest BCUT2D eigenvalue weighted by molar-refractivity contribution is 7.66. The van der Waals surface area contributed by atoms with E-state index in [1.165, 1.54) is 6.08 Å². The summed E-state index contributed by atoms with van der Waals surface area (Å²) < 4.78 is 54.7. The van der Waals surface area contributed by atoms with Crippen LogP contribution >= 0.6 is 23.2 Å². The lowest BCUT2D eigenvalue weighted by Crippen LogP contribution is -2.37. The Morgan fingerprint density at radius 1 is 1.05 bits per heavy atom. The van der Waals surface area contributed by atoms with Crippen LogP contribution < -0.4 is 25.9 Å². The van der Waals surface area contributed by atoms with Crippen molar-refractivity contribution in [3.8, 4) is 0 Å². The maximum absolute atomic E-state index is 12.3. The van der Waals surface area contributed by atoms with E-state index >= 15 is 0 Å². The molecule has 0 amide bonds. The van der Waals surface area contributed by atoms with Gasteiger partial charge in [-0.05, 0) is 38.5 Å². The second kappa shape index (κ2) is 14.5. The molecule has 42 heavy (non-hydrogen) atoms. The molecule has 0 spiro atoms. The van der Waals surface area contributed by atoms with Crippen LogP contribution in [-0.2, 0) is 31.6 Å². The lowest BCUT2D eigenvalue weighted by molar-refractivity contribution is -0.244. The fraction of sp³-hybridized carbons (Fsp3) is 0.652. The number of ether oxygens (including phenoxy) is 1. The first-order valence-electron chi connectivity index (χ1n) is 12.8. The number of aliphatic hydroxyl groups is 2. The number of phosphoric acid groups is 2. The van der Waals surface area contributed by atoms with Crippen LogP contribution in [-0.4, -0.2) is 50.8 Å². The Balaban J connectivity index is 1.92. The third-order valence-corrected chi connectivity index (χ3v) is 10.8. The molecular weight excluding hydrogens is 621 g/mol. The maximum atomic E-state index is 12.3. The topological polar surface area (TPSA) is 253 Å². The molecule has 2 rings (SSSR count). The predicted molar refractivity (Wildman–Crippen MR) is 144 cm³/mol. The second-order valence-corrected chi connectivity index (χ2v) is 15.9. The van der Waals surface area contributed by atoms with Gasteiger partial charge in [0.25, 0.3) is 21.2 Å². The standard InChI is InChI=1S/C23H39N2O14P3/c1-15(7-6-11-23(3,4)5)16(2)9-13-36-41(32,33)39-42(34,35)38-40(30,31)14-10-17-19(27)20(28)21(37-17)25-12-8-18(26)24-22(25)29/h7-9,12,17,19-21,27-28H,6,10-11,13-14H2,1-5H3,(H,30,31)(H,32,33)(H,34,35)(H,24,26,29)/p-3/b15-7+,16-9+. The van der Waals surface area contributed by atoms with Gasteiger partial charge in [-0.15, -0.1) is 0 Å². The molecule has 1 aromatic heterocycles. The first kappa shape index (κ1) is 36.7. The van der Waals surface area contributed by atoms with Crippen LogP contribution in [0.3, 0.4) is 0 Å². The zero-order valence-electron chi connectivity index (χ0n) is 23.7. The van der Waals surface area contributed by atoms with Crippen molar-refractivity contribution < 1.29 is 56.5 Å². The highest BCUT2D eigenvalue weighted by Crippen LogP contribution is 2.62. The number of H-pyrrole nitrogens is 1. The summed E-state index contributed by atoms with van der Waals surface area (Å²) in [7, 11) is -16.9. The highest BCUT2D eigenvalue weighted by atomic mass is 31.3. The SMILES string of the molecule is CC(=C\CCC(C)(C)C)/C(C)=C/COP(=O)([O-])OP(=O)([O-])OP(=O)([O-])CCC1OC(n2ccc(=O)[nH]c2=O)C(O)C1O. The predicted octanol–water partition coefficient (Wildman–Crippen LogP) is 0.805. The smallest absolute Gasteiger partial charge is 0.330 e. The lowest BCUT2D eigenvalue weighted by Gasteiger charge is -2.35. The molecule has 0 aromatic carbocycles. The van der Waals surface area contributed by atoms with Crippen molar-refractivity contribution in [2.75, 3.05) is 12.8 Å². The van der Waals surface area contributed by atoms with Crippen molar-refractivity contribution in [3.05, 3.63) is 56.4 Å². The second-order valence-electron chi connectivity index (χ2n) is 10.9. The molecule has 240 valence electrons. The normalized spacial score (nSPS) is 26.4. The molecule has 1 aliphatic heterocycles. The molecule has 1 aromatic rings. The Hall–Kier alpha value is -1.51. The minimum atomic E-state index is -6.00. The van der Waals surface area contributed by atoms with Gasteiger partial charge in [-0.2, -0.15) is 0 Å². The van der Waals surface area contributed by atoms with E-state index in [-0.39, 0.29) is 5.41 Å². The number of aliphatic hydroxyl groups excluding tert-OH is 2. The van der Waals surface area contributed by atoms with Gasteiger partial charge >= 0.3 is 5.69 Å². The molecule has 0 radical (unpaired) electrons. The molecule has 0 saturated carbocycles. The van der Waals surface area contributed by atoms with Gasteiger partial charge in [0, 0.05) is 18.4 Å². The highest BCUT2D eigenvalue weighted by Gasteiger charge is 2.44. The van der Waals surface area contributed by atoms with Crippen LogP contribution in [0.25, 0.3) is 0 Å². The van der Waals surface area contributed by atoms with Gasteiger partial charge < -0.3 is 38.7 Å². The quantitative estimate of drug-likeness (QED) is 0.185. The van der Waals surface area contributed by atoms with E-state index in [0.717, 1.165) is 35.2 Å². The van der Waals surface area contributed by atoms with Crippen LogP contribution in [0.15, 0.2) is 45.2 Å². The van der Waals surface area contributed by atoms with Crippen molar-refractivity contribution in [1.82, 2.24) is 9.55 Å². The van der Waals surface area contributed by atoms with Gasteiger partial charge in [0.15, 0.2) is 6.23 Å². The number of aromatic nitrogens is 2. The third kappa shape index (κ3) is 11.9. The summed E-state index contributed by atoms with van der Waals surface area (Å²) in [6.45, 7) is 9.21. The Kier molecular flexibility index (Phi) is 12.7. The molecule has 19 heteroatoms. The van der Waals surface area contributed by atoms with Crippen molar-refractivity contribution in [3.63, 3.8) is 0 Å². The Morgan fingerprint density at radius 3 is 2.26 bits per heavy atom. The van der Waals surface area contributed by atoms with Gasteiger partial charge in [-0.1, -0.05) is 44.1 Å². The zero-order chi connectivity index (χ0) is 32.1. The van der Waals surface area contributed by atoms with E-state index in [9.17, 15) is 48.2 Å². The van der Waals surface area contributed by atoms with E-state index < -0.39 is 78.2 Å². The monoisotopic (exact) mass is 657 g/mol. The molecule has 16 nitrogen and oxygen atoms in total. The summed E-state index contributed by atoms with van der Waals surface area (Å²) in [5, 5.41) is 20.4. The van der Waals surface area contributed by atoms with Crippen molar-refractivity contribution in [1.29, 1.82) is 0 Å². The molecule has 1 aliphatic rings. The summed E-state index contributed by atoms with van der Waals surface area (Å²) >= 11 is 0. The average molecular weight is 657 g/mol. The zero-order valence-corrected chi connectivity index (χ0v) is 26.4. The summed E-state index contributed by atoms with van der Waals surface area (Å²) in [4.78, 5) is 61.4. The van der Waals surface area contributed by atoms with E-state index in [2.05, 4.69) is 33.9 Å². The van der Waals surface area contributed by atoms with Gasteiger partial charge in [0.2, 0.25) is 0 Å². The molecule has 1 fully saturated rings. The number of phosphoric ester groups is 1. The number of allylic oxidation sites excluding steroid dienone is 3. The largest absolute Gasteiger partial charge is 0.778 e. The number of hydrogen-bond acceptors (Lipinski definition) is 14. The Morgan fingerprint density at radius 2 is 1.67 bits per heavy atom. The summed E-state index contributed by atoms with van der Waals surface area (Å²) in [6.07, 6.45) is -2.04. The van der Waals surface area contributed by atoms with Gasteiger partial charge in [-0.25, -0.2) is 9.11 Å². The molecule has 3 N–H and O–H groups in total. The Bertz CT molecular complexity index is 1410. The fourth-order valence-corrected chi connectivity index (χ4v) is 7.69. The molecule has 1 saturated heterocycles. The first-order valence-corrected chi connectivity index (χ1v) is 17.4. The van der Waals surface area contributed by atoms with Gasteiger partial charge in [-0.3, -0.25) is 27.8 Å². The maximum Gasteiger partial charge on any atom is 0.330 e. The molecular formula is C23H36N2O14P3-3. The summed E-state index contributed by atoms with van der Waals surface area (Å²) in [5.41, 5.74) is -0.0425. The van der Waals surface area contributed by atoms with Crippen molar-refractivity contribution in [2.24, 2.45) is 5.41 Å². The van der Waals surface area contributed by atoms with Crippen LogP contribution in [0.2, 0.25) is 0 Å². The Labute approximate surface area is 242 Å². The number of nitrogens with one attached hydrogen (secondary N) is 1. The van der Waals surface area contributed by atoms with Gasteiger partial charge in [0.1, 0.15) is 19.8 Å².